The molecule has 0 aliphatic carbocycles. The van der Waals surface area contributed by atoms with Crippen molar-refractivity contribution in [2.75, 3.05) is 11.5 Å². The number of ether oxygens (including phenoxy) is 1. The molecule has 1 saturated heterocycles. The van der Waals surface area contributed by atoms with Crippen LogP contribution in [0.25, 0.3) is 0 Å². The fourth-order valence-electron chi connectivity index (χ4n) is 2.57. The summed E-state index contributed by atoms with van der Waals surface area (Å²) >= 11 is 2.04. The van der Waals surface area contributed by atoms with Crippen molar-refractivity contribution < 1.29 is 4.74 Å². The number of rotatable bonds is 2. The van der Waals surface area contributed by atoms with E-state index < -0.39 is 0 Å². The van der Waals surface area contributed by atoms with Gasteiger partial charge in [0.1, 0.15) is 11.4 Å². The summed E-state index contributed by atoms with van der Waals surface area (Å²) in [5.74, 6) is 3.55. The average molecular weight is 249 g/mol. The van der Waals surface area contributed by atoms with Gasteiger partial charge in [0.25, 0.3) is 0 Å². The predicted molar refractivity (Wildman–Crippen MR) is 72.6 cm³/mol. The summed E-state index contributed by atoms with van der Waals surface area (Å²) in [5.41, 5.74) is 2.81. The summed E-state index contributed by atoms with van der Waals surface area (Å²) < 4.78 is 6.33. The first-order chi connectivity index (χ1) is 8.27. The minimum atomic E-state index is 0.0446. The quantitative estimate of drug-likeness (QED) is 0.870. The summed E-state index contributed by atoms with van der Waals surface area (Å²) in [5, 5.41) is 3.39. The van der Waals surface area contributed by atoms with Gasteiger partial charge in [0, 0.05) is 18.7 Å². The SMILES string of the molecule is CC1(Oc2cccc3c2CNC3)CCSCC1. The van der Waals surface area contributed by atoms with Crippen molar-refractivity contribution in [3.8, 4) is 5.75 Å². The van der Waals surface area contributed by atoms with E-state index >= 15 is 0 Å². The molecule has 0 bridgehead atoms. The molecule has 1 fully saturated rings. The highest BCUT2D eigenvalue weighted by molar-refractivity contribution is 7.99. The van der Waals surface area contributed by atoms with Gasteiger partial charge in [-0.25, -0.2) is 0 Å². The smallest absolute Gasteiger partial charge is 0.124 e. The van der Waals surface area contributed by atoms with E-state index in [1.165, 1.54) is 22.6 Å². The third-order valence-corrected chi connectivity index (χ3v) is 4.74. The predicted octanol–water partition coefficient (Wildman–Crippen LogP) is 2.95. The minimum Gasteiger partial charge on any atom is -0.487 e. The maximum absolute atomic E-state index is 6.33. The first-order valence-corrected chi connectivity index (χ1v) is 7.51. The Morgan fingerprint density at radius 1 is 1.24 bits per heavy atom. The van der Waals surface area contributed by atoms with Gasteiger partial charge in [-0.1, -0.05) is 12.1 Å². The Morgan fingerprint density at radius 2 is 2.06 bits per heavy atom. The fourth-order valence-corrected chi connectivity index (χ4v) is 3.92. The zero-order valence-corrected chi connectivity index (χ0v) is 11.1. The highest BCUT2D eigenvalue weighted by atomic mass is 32.2. The summed E-state index contributed by atoms with van der Waals surface area (Å²) in [7, 11) is 0. The molecule has 2 aliphatic rings. The standard InChI is InChI=1S/C14H19NOS/c1-14(5-7-17-8-6-14)16-13-4-2-3-11-9-15-10-12(11)13/h2-4,15H,5-10H2,1H3. The van der Waals surface area contributed by atoms with Gasteiger partial charge < -0.3 is 10.1 Å². The molecular weight excluding hydrogens is 230 g/mol. The Balaban J connectivity index is 1.83. The van der Waals surface area contributed by atoms with Crippen LogP contribution in [-0.2, 0) is 13.1 Å². The van der Waals surface area contributed by atoms with Crippen LogP contribution < -0.4 is 10.1 Å². The van der Waals surface area contributed by atoms with E-state index in [4.69, 9.17) is 4.74 Å². The van der Waals surface area contributed by atoms with Crippen molar-refractivity contribution in [1.29, 1.82) is 0 Å². The molecule has 0 radical (unpaired) electrons. The van der Waals surface area contributed by atoms with Crippen LogP contribution in [0.5, 0.6) is 5.75 Å². The molecule has 1 N–H and O–H groups in total. The monoisotopic (exact) mass is 249 g/mol. The van der Waals surface area contributed by atoms with Crippen LogP contribution >= 0.6 is 11.8 Å². The molecule has 0 aromatic heterocycles. The lowest BCUT2D eigenvalue weighted by Crippen LogP contribution is -2.36. The normalized spacial score (nSPS) is 22.2. The summed E-state index contributed by atoms with van der Waals surface area (Å²) in [6.45, 7) is 4.20. The van der Waals surface area contributed by atoms with Crippen LogP contribution in [0.15, 0.2) is 18.2 Å². The summed E-state index contributed by atoms with van der Waals surface area (Å²) in [4.78, 5) is 0. The van der Waals surface area contributed by atoms with Crippen molar-refractivity contribution in [2.24, 2.45) is 0 Å². The Labute approximate surface area is 107 Å². The van der Waals surface area contributed by atoms with E-state index in [9.17, 15) is 0 Å². The molecule has 3 rings (SSSR count). The highest BCUT2D eigenvalue weighted by Gasteiger charge is 2.30. The molecule has 2 aliphatic heterocycles. The maximum atomic E-state index is 6.33. The van der Waals surface area contributed by atoms with Crippen molar-refractivity contribution in [2.45, 2.75) is 38.5 Å². The lowest BCUT2D eigenvalue weighted by atomic mass is 9.99. The van der Waals surface area contributed by atoms with Gasteiger partial charge in [-0.15, -0.1) is 0 Å². The van der Waals surface area contributed by atoms with Crippen LogP contribution in [0.3, 0.4) is 0 Å². The largest absolute Gasteiger partial charge is 0.487 e. The van der Waals surface area contributed by atoms with E-state index in [2.05, 4.69) is 30.4 Å². The third kappa shape index (κ3) is 2.31. The first kappa shape index (κ1) is 11.4. The molecule has 0 atom stereocenters. The molecular formula is C14H19NOS. The zero-order chi connectivity index (χ0) is 11.7. The first-order valence-electron chi connectivity index (χ1n) is 6.35. The van der Waals surface area contributed by atoms with Gasteiger partial charge >= 0.3 is 0 Å². The average Bonchev–Trinajstić information content (AvgIpc) is 2.79. The van der Waals surface area contributed by atoms with Gasteiger partial charge in [-0.3, -0.25) is 0 Å². The van der Waals surface area contributed by atoms with E-state index in [-0.39, 0.29) is 5.60 Å². The van der Waals surface area contributed by atoms with E-state index in [0.29, 0.717) is 0 Å². The van der Waals surface area contributed by atoms with Gasteiger partial charge in [0.05, 0.1) is 0 Å². The molecule has 92 valence electrons. The molecule has 0 spiro atoms. The summed E-state index contributed by atoms with van der Waals surface area (Å²) in [6.07, 6.45) is 2.32. The second kappa shape index (κ2) is 4.54. The molecule has 2 heterocycles. The van der Waals surface area contributed by atoms with Gasteiger partial charge in [-0.2, -0.15) is 11.8 Å². The Morgan fingerprint density at radius 3 is 2.88 bits per heavy atom. The number of hydrogen-bond donors (Lipinski definition) is 1. The van der Waals surface area contributed by atoms with Crippen LogP contribution in [0.2, 0.25) is 0 Å². The molecule has 0 unspecified atom stereocenters. The minimum absolute atomic E-state index is 0.0446. The lowest BCUT2D eigenvalue weighted by molar-refractivity contribution is 0.0788. The van der Waals surface area contributed by atoms with E-state index in [1.807, 2.05) is 11.8 Å². The van der Waals surface area contributed by atoms with Crippen LogP contribution in [0.4, 0.5) is 0 Å². The molecule has 0 saturated carbocycles. The van der Waals surface area contributed by atoms with Gasteiger partial charge in [-0.05, 0) is 42.9 Å². The van der Waals surface area contributed by atoms with Gasteiger partial charge in [0.15, 0.2) is 0 Å². The maximum Gasteiger partial charge on any atom is 0.124 e. The number of fused-ring (bicyclic) bond motifs is 1. The topological polar surface area (TPSA) is 21.3 Å². The van der Waals surface area contributed by atoms with E-state index in [0.717, 1.165) is 31.7 Å². The van der Waals surface area contributed by atoms with Crippen LogP contribution in [0, 0.1) is 0 Å². The second-order valence-corrected chi connectivity index (χ2v) is 6.39. The fraction of sp³-hybridized carbons (Fsp3) is 0.571. The number of nitrogens with one attached hydrogen (secondary N) is 1. The third-order valence-electron chi connectivity index (χ3n) is 3.75. The Bertz CT molecular complexity index is 413. The zero-order valence-electron chi connectivity index (χ0n) is 10.3. The molecule has 3 heteroatoms. The molecule has 2 nitrogen and oxygen atoms in total. The second-order valence-electron chi connectivity index (χ2n) is 5.16. The van der Waals surface area contributed by atoms with Gasteiger partial charge in [0.2, 0.25) is 0 Å². The van der Waals surface area contributed by atoms with Crippen LogP contribution in [-0.4, -0.2) is 17.1 Å². The molecule has 1 aromatic rings. The van der Waals surface area contributed by atoms with E-state index in [1.54, 1.807) is 0 Å². The Hall–Kier alpha value is -0.670. The van der Waals surface area contributed by atoms with Crippen molar-refractivity contribution in [3.63, 3.8) is 0 Å². The lowest BCUT2D eigenvalue weighted by Gasteiger charge is -2.34. The highest BCUT2D eigenvalue weighted by Crippen LogP contribution is 2.35. The van der Waals surface area contributed by atoms with Crippen LogP contribution in [0.1, 0.15) is 30.9 Å². The molecule has 17 heavy (non-hydrogen) atoms. The number of benzene rings is 1. The van der Waals surface area contributed by atoms with Crippen molar-refractivity contribution >= 4 is 11.8 Å². The number of thioether (sulfide) groups is 1. The molecule has 1 aromatic carbocycles. The van der Waals surface area contributed by atoms with Crippen molar-refractivity contribution in [1.82, 2.24) is 5.32 Å². The molecule has 0 amide bonds. The van der Waals surface area contributed by atoms with Crippen molar-refractivity contribution in [3.05, 3.63) is 29.3 Å². The Kier molecular flexibility index (Phi) is 3.05. The summed E-state index contributed by atoms with van der Waals surface area (Å²) in [6, 6.07) is 6.43. The number of hydrogen-bond acceptors (Lipinski definition) is 3.